The van der Waals surface area contributed by atoms with Crippen molar-refractivity contribution in [1.29, 1.82) is 0 Å². The maximum Gasteiger partial charge on any atom is 0.191 e. The van der Waals surface area contributed by atoms with Gasteiger partial charge in [0.1, 0.15) is 18.2 Å². The molecule has 1 aromatic heterocycles. The van der Waals surface area contributed by atoms with Gasteiger partial charge in [0, 0.05) is 31.7 Å². The third-order valence-corrected chi connectivity index (χ3v) is 4.76. The Morgan fingerprint density at radius 2 is 1.97 bits per heavy atom. The fourth-order valence-corrected chi connectivity index (χ4v) is 3.21. The van der Waals surface area contributed by atoms with Gasteiger partial charge in [-0.15, -0.1) is 0 Å². The van der Waals surface area contributed by atoms with Crippen molar-refractivity contribution in [1.82, 2.24) is 20.6 Å². The summed E-state index contributed by atoms with van der Waals surface area (Å²) in [6.45, 7) is 9.97. The number of fused-ring (bicyclic) bond motifs is 1. The van der Waals surface area contributed by atoms with Gasteiger partial charge >= 0.3 is 0 Å². The first-order chi connectivity index (χ1) is 15.2. The molecule has 0 saturated heterocycles. The minimum atomic E-state index is 0.532. The summed E-state index contributed by atoms with van der Waals surface area (Å²) in [5.74, 6) is 2.61. The van der Waals surface area contributed by atoms with Gasteiger partial charge in [-0.05, 0) is 44.5 Å². The smallest absolute Gasteiger partial charge is 0.191 e. The summed E-state index contributed by atoms with van der Waals surface area (Å²) in [6, 6.07) is 14.3. The molecular weight excluding hydrogens is 390 g/mol. The van der Waals surface area contributed by atoms with Crippen molar-refractivity contribution in [3.63, 3.8) is 0 Å². The number of para-hydroxylation sites is 2. The van der Waals surface area contributed by atoms with E-state index in [1.54, 1.807) is 0 Å². The van der Waals surface area contributed by atoms with E-state index in [9.17, 15) is 0 Å². The molecule has 3 aromatic rings. The lowest BCUT2D eigenvalue weighted by atomic mass is 10.1. The van der Waals surface area contributed by atoms with Crippen molar-refractivity contribution in [2.75, 3.05) is 32.9 Å². The molecule has 166 valence electrons. The van der Waals surface area contributed by atoms with Crippen LogP contribution in [0.2, 0.25) is 0 Å². The Morgan fingerprint density at radius 3 is 2.77 bits per heavy atom. The molecule has 31 heavy (non-hydrogen) atoms. The van der Waals surface area contributed by atoms with E-state index in [1.807, 2.05) is 31.2 Å². The van der Waals surface area contributed by atoms with Gasteiger partial charge < -0.3 is 25.1 Å². The van der Waals surface area contributed by atoms with Gasteiger partial charge in [0.25, 0.3) is 0 Å². The van der Waals surface area contributed by atoms with Crippen molar-refractivity contribution < 1.29 is 9.47 Å². The molecule has 0 spiro atoms. The van der Waals surface area contributed by atoms with Crippen molar-refractivity contribution in [2.24, 2.45) is 4.99 Å². The van der Waals surface area contributed by atoms with Crippen molar-refractivity contribution in [3.8, 4) is 5.75 Å². The van der Waals surface area contributed by atoms with E-state index in [-0.39, 0.29) is 0 Å². The summed E-state index contributed by atoms with van der Waals surface area (Å²) in [6.07, 6.45) is 0.787. The van der Waals surface area contributed by atoms with E-state index in [1.165, 1.54) is 0 Å². The first kappa shape index (κ1) is 22.6. The van der Waals surface area contributed by atoms with Crippen molar-refractivity contribution in [2.45, 2.75) is 33.7 Å². The van der Waals surface area contributed by atoms with Crippen LogP contribution in [-0.2, 0) is 17.7 Å². The lowest BCUT2D eigenvalue weighted by Crippen LogP contribution is -2.38. The number of aryl methyl sites for hydroxylation is 1. The van der Waals surface area contributed by atoms with E-state index < -0.39 is 0 Å². The van der Waals surface area contributed by atoms with Crippen LogP contribution in [0.3, 0.4) is 0 Å². The molecule has 0 fully saturated rings. The number of nitrogens with one attached hydrogen (secondary N) is 3. The highest BCUT2D eigenvalue weighted by Gasteiger charge is 2.06. The Morgan fingerprint density at radius 1 is 1.10 bits per heavy atom. The van der Waals surface area contributed by atoms with Crippen LogP contribution in [0.4, 0.5) is 0 Å². The Labute approximate surface area is 184 Å². The molecule has 0 aliphatic rings. The lowest BCUT2D eigenvalue weighted by molar-refractivity contribution is 0.110. The van der Waals surface area contributed by atoms with Gasteiger partial charge in [-0.3, -0.25) is 0 Å². The molecule has 3 N–H and O–H groups in total. The van der Waals surface area contributed by atoms with E-state index >= 15 is 0 Å². The second kappa shape index (κ2) is 12.0. The van der Waals surface area contributed by atoms with Gasteiger partial charge in [0.05, 0.1) is 24.2 Å². The van der Waals surface area contributed by atoms with Crippen molar-refractivity contribution in [3.05, 3.63) is 59.4 Å². The number of H-pyrrole nitrogens is 1. The molecule has 2 aromatic carbocycles. The molecule has 0 atom stereocenters. The van der Waals surface area contributed by atoms with Crippen LogP contribution in [0.25, 0.3) is 11.0 Å². The molecule has 0 unspecified atom stereocenters. The molecule has 0 radical (unpaired) electrons. The summed E-state index contributed by atoms with van der Waals surface area (Å²) in [4.78, 5) is 12.7. The van der Waals surface area contributed by atoms with Crippen molar-refractivity contribution >= 4 is 17.0 Å². The first-order valence-corrected chi connectivity index (χ1v) is 11.0. The predicted molar refractivity (Wildman–Crippen MR) is 126 cm³/mol. The van der Waals surface area contributed by atoms with Gasteiger partial charge in [0.15, 0.2) is 5.96 Å². The Kier molecular flexibility index (Phi) is 8.72. The quantitative estimate of drug-likeness (QED) is 0.249. The molecule has 0 bridgehead atoms. The van der Waals surface area contributed by atoms with E-state index in [0.717, 1.165) is 59.2 Å². The molecule has 0 saturated carbocycles. The standard InChI is InChI=1S/C24H33N5O2/c1-4-25-24(26-13-12-23-28-20-8-6-7-9-21(20)29-23)27-17-19-11-10-18(3)16-22(19)31-15-14-30-5-2/h6-11,16H,4-5,12-15,17H2,1-3H3,(H,28,29)(H2,25,26,27). The third kappa shape index (κ3) is 7.00. The average molecular weight is 424 g/mol. The van der Waals surface area contributed by atoms with Crippen LogP contribution < -0.4 is 15.4 Å². The first-order valence-electron chi connectivity index (χ1n) is 11.0. The number of nitrogens with zero attached hydrogens (tertiary/aromatic N) is 2. The minimum Gasteiger partial charge on any atom is -0.491 e. The van der Waals surface area contributed by atoms with E-state index in [4.69, 9.17) is 14.5 Å². The van der Waals surface area contributed by atoms with Crippen LogP contribution >= 0.6 is 0 Å². The number of aromatic amines is 1. The molecule has 0 aliphatic heterocycles. The second-order valence-electron chi connectivity index (χ2n) is 7.23. The minimum absolute atomic E-state index is 0.532. The number of hydrogen-bond donors (Lipinski definition) is 3. The van der Waals surface area contributed by atoms with Crippen LogP contribution in [0.15, 0.2) is 47.5 Å². The predicted octanol–water partition coefficient (Wildman–Crippen LogP) is 3.58. The third-order valence-electron chi connectivity index (χ3n) is 4.76. The molecule has 0 aliphatic carbocycles. The number of aromatic nitrogens is 2. The van der Waals surface area contributed by atoms with Gasteiger partial charge in [-0.1, -0.05) is 24.3 Å². The SMILES string of the molecule is CCNC(=NCc1ccc(C)cc1OCCOCC)NCCc1nc2ccccc2[nH]1. The maximum absolute atomic E-state index is 5.93. The Hall–Kier alpha value is -3.06. The number of benzene rings is 2. The van der Waals surface area contributed by atoms with Crippen LogP contribution in [0, 0.1) is 6.92 Å². The largest absolute Gasteiger partial charge is 0.491 e. The molecular formula is C24H33N5O2. The Balaban J connectivity index is 1.58. The number of aliphatic imine (C=N–C) groups is 1. The monoisotopic (exact) mass is 423 g/mol. The fourth-order valence-electron chi connectivity index (χ4n) is 3.21. The zero-order valence-electron chi connectivity index (χ0n) is 18.7. The highest BCUT2D eigenvalue weighted by molar-refractivity contribution is 5.79. The number of rotatable bonds is 11. The number of guanidine groups is 1. The zero-order valence-corrected chi connectivity index (χ0v) is 18.7. The highest BCUT2D eigenvalue weighted by Crippen LogP contribution is 2.21. The summed E-state index contributed by atoms with van der Waals surface area (Å²) in [5, 5.41) is 6.70. The molecule has 1 heterocycles. The fraction of sp³-hybridized carbons (Fsp3) is 0.417. The normalized spacial score (nSPS) is 11.6. The number of imidazole rings is 1. The second-order valence-corrected chi connectivity index (χ2v) is 7.23. The summed E-state index contributed by atoms with van der Waals surface area (Å²) in [7, 11) is 0. The zero-order chi connectivity index (χ0) is 21.9. The van der Waals surface area contributed by atoms with Crippen LogP contribution in [0.1, 0.15) is 30.8 Å². The molecule has 3 rings (SSSR count). The van der Waals surface area contributed by atoms with Gasteiger partial charge in [-0.25, -0.2) is 9.98 Å². The van der Waals surface area contributed by atoms with Crippen LogP contribution in [-0.4, -0.2) is 48.8 Å². The summed E-state index contributed by atoms with van der Waals surface area (Å²) >= 11 is 0. The summed E-state index contributed by atoms with van der Waals surface area (Å²) in [5.41, 5.74) is 4.27. The van der Waals surface area contributed by atoms with E-state index in [0.29, 0.717) is 26.4 Å². The molecule has 0 amide bonds. The lowest BCUT2D eigenvalue weighted by Gasteiger charge is -2.13. The maximum atomic E-state index is 5.93. The topological polar surface area (TPSA) is 83.6 Å². The Bertz CT molecular complexity index is 950. The number of ether oxygens (including phenoxy) is 2. The number of hydrogen-bond acceptors (Lipinski definition) is 4. The van der Waals surface area contributed by atoms with Gasteiger partial charge in [-0.2, -0.15) is 0 Å². The molecule has 7 nitrogen and oxygen atoms in total. The van der Waals surface area contributed by atoms with Crippen LogP contribution in [0.5, 0.6) is 5.75 Å². The van der Waals surface area contributed by atoms with Gasteiger partial charge in [0.2, 0.25) is 0 Å². The molecule has 7 heteroatoms. The van der Waals surface area contributed by atoms with E-state index in [2.05, 4.69) is 52.6 Å². The highest BCUT2D eigenvalue weighted by atomic mass is 16.5. The average Bonchev–Trinajstić information content (AvgIpc) is 3.19. The summed E-state index contributed by atoms with van der Waals surface area (Å²) < 4.78 is 11.3.